The van der Waals surface area contributed by atoms with Gasteiger partial charge in [0.05, 0.1) is 0 Å². The highest BCUT2D eigenvalue weighted by molar-refractivity contribution is 8.13. The van der Waals surface area contributed by atoms with Gasteiger partial charge in [-0.25, -0.2) is 0 Å². The fourth-order valence-corrected chi connectivity index (χ4v) is 2.29. The molecule has 2 heteroatoms. The maximum atomic E-state index is 3.41. The van der Waals surface area contributed by atoms with Crippen molar-refractivity contribution in [3.8, 4) is 0 Å². The molecular formula is C7H13NS. The smallest absolute Gasteiger partial charge is 0.0209 e. The SMILES string of the molecule is CCS1=CC(C)=C(C)N1. The van der Waals surface area contributed by atoms with Gasteiger partial charge in [-0.2, -0.15) is 0 Å². The second kappa shape index (κ2) is 2.56. The Morgan fingerprint density at radius 1 is 1.56 bits per heavy atom. The van der Waals surface area contributed by atoms with Crippen molar-refractivity contribution in [2.45, 2.75) is 20.8 Å². The summed E-state index contributed by atoms with van der Waals surface area (Å²) in [5.41, 5.74) is 2.76. The molecule has 1 nitrogen and oxygen atoms in total. The van der Waals surface area contributed by atoms with Crippen molar-refractivity contribution in [1.82, 2.24) is 4.72 Å². The Kier molecular flexibility index (Phi) is 1.96. The molecule has 0 aromatic rings. The lowest BCUT2D eigenvalue weighted by Gasteiger charge is -2.01. The molecule has 0 fully saturated rings. The van der Waals surface area contributed by atoms with E-state index in [9.17, 15) is 0 Å². The van der Waals surface area contributed by atoms with E-state index in [0.29, 0.717) is 10.7 Å². The molecule has 1 atom stereocenters. The molecule has 0 radical (unpaired) electrons. The zero-order chi connectivity index (χ0) is 6.85. The molecule has 1 rings (SSSR count). The van der Waals surface area contributed by atoms with Crippen LogP contribution >= 0.6 is 10.7 Å². The summed E-state index contributed by atoms with van der Waals surface area (Å²) in [6, 6.07) is 0. The lowest BCUT2D eigenvalue weighted by Crippen LogP contribution is -1.98. The van der Waals surface area contributed by atoms with Crippen LogP contribution in [0.4, 0.5) is 0 Å². The Balaban J connectivity index is 2.67. The van der Waals surface area contributed by atoms with E-state index in [1.165, 1.54) is 17.0 Å². The predicted molar refractivity (Wildman–Crippen MR) is 45.7 cm³/mol. The van der Waals surface area contributed by atoms with E-state index in [2.05, 4.69) is 30.9 Å². The summed E-state index contributed by atoms with van der Waals surface area (Å²) < 4.78 is 3.41. The first-order chi connectivity index (χ1) is 4.24. The topological polar surface area (TPSA) is 12.0 Å². The third-order valence-corrected chi connectivity index (χ3v) is 3.33. The Morgan fingerprint density at radius 2 is 2.22 bits per heavy atom. The number of hydrogen-bond donors (Lipinski definition) is 1. The summed E-state index contributed by atoms with van der Waals surface area (Å²) in [5.74, 6) is 1.22. The minimum Gasteiger partial charge on any atom is -0.339 e. The van der Waals surface area contributed by atoms with E-state index < -0.39 is 0 Å². The maximum Gasteiger partial charge on any atom is 0.0209 e. The molecule has 1 unspecified atom stereocenters. The van der Waals surface area contributed by atoms with Crippen LogP contribution in [-0.2, 0) is 0 Å². The van der Waals surface area contributed by atoms with E-state index >= 15 is 0 Å². The predicted octanol–water partition coefficient (Wildman–Crippen LogP) is 1.89. The quantitative estimate of drug-likeness (QED) is 0.553. The average molecular weight is 143 g/mol. The molecule has 0 saturated heterocycles. The van der Waals surface area contributed by atoms with Crippen LogP contribution in [0.15, 0.2) is 11.3 Å². The van der Waals surface area contributed by atoms with E-state index in [1.807, 2.05) is 0 Å². The summed E-state index contributed by atoms with van der Waals surface area (Å²) in [6.45, 7) is 6.50. The highest BCUT2D eigenvalue weighted by atomic mass is 32.2. The molecule has 1 heterocycles. The monoisotopic (exact) mass is 143 g/mol. The zero-order valence-electron chi connectivity index (χ0n) is 6.19. The Bertz CT molecular complexity index is 179. The Labute approximate surface area is 59.2 Å². The molecule has 9 heavy (non-hydrogen) atoms. The van der Waals surface area contributed by atoms with Crippen LogP contribution in [0.1, 0.15) is 20.8 Å². The van der Waals surface area contributed by atoms with Gasteiger partial charge in [0.2, 0.25) is 0 Å². The van der Waals surface area contributed by atoms with Crippen molar-refractivity contribution in [2.75, 3.05) is 5.75 Å². The van der Waals surface area contributed by atoms with Gasteiger partial charge < -0.3 is 4.72 Å². The van der Waals surface area contributed by atoms with Gasteiger partial charge in [0.1, 0.15) is 0 Å². The largest absolute Gasteiger partial charge is 0.339 e. The number of nitrogens with one attached hydrogen (secondary N) is 1. The fraction of sp³-hybridized carbons (Fsp3) is 0.571. The molecule has 0 aromatic carbocycles. The molecule has 0 spiro atoms. The minimum absolute atomic E-state index is 0.356. The average Bonchev–Trinajstić information content (AvgIpc) is 2.13. The van der Waals surface area contributed by atoms with Crippen LogP contribution in [0.5, 0.6) is 0 Å². The number of rotatable bonds is 1. The van der Waals surface area contributed by atoms with Crippen molar-refractivity contribution in [2.24, 2.45) is 0 Å². The van der Waals surface area contributed by atoms with Crippen molar-refractivity contribution in [3.63, 3.8) is 0 Å². The van der Waals surface area contributed by atoms with Crippen LogP contribution in [0.25, 0.3) is 0 Å². The molecule has 0 bridgehead atoms. The molecular weight excluding hydrogens is 130 g/mol. The molecule has 0 aliphatic carbocycles. The maximum absolute atomic E-state index is 3.41. The second-order valence-electron chi connectivity index (χ2n) is 2.25. The van der Waals surface area contributed by atoms with Gasteiger partial charge in [0.15, 0.2) is 0 Å². The third kappa shape index (κ3) is 1.36. The summed E-state index contributed by atoms with van der Waals surface area (Å²) in [7, 11) is 0.356. The molecule has 1 aliphatic rings. The minimum atomic E-state index is 0.356. The van der Waals surface area contributed by atoms with Gasteiger partial charge in [0, 0.05) is 11.4 Å². The van der Waals surface area contributed by atoms with Crippen molar-refractivity contribution < 1.29 is 0 Å². The van der Waals surface area contributed by atoms with E-state index in [1.54, 1.807) is 0 Å². The van der Waals surface area contributed by atoms with Gasteiger partial charge in [-0.1, -0.05) is 17.6 Å². The van der Waals surface area contributed by atoms with Crippen LogP contribution < -0.4 is 4.72 Å². The summed E-state index contributed by atoms with van der Waals surface area (Å²) in [5, 5.41) is 2.31. The highest BCUT2D eigenvalue weighted by Gasteiger charge is 2.03. The number of hydrogen-bond acceptors (Lipinski definition) is 1. The van der Waals surface area contributed by atoms with Crippen molar-refractivity contribution >= 4 is 16.0 Å². The van der Waals surface area contributed by atoms with Crippen LogP contribution in [0.3, 0.4) is 0 Å². The van der Waals surface area contributed by atoms with Crippen molar-refractivity contribution in [1.29, 1.82) is 0 Å². The first-order valence-electron chi connectivity index (χ1n) is 3.22. The van der Waals surface area contributed by atoms with E-state index in [0.717, 1.165) is 0 Å². The Hall–Kier alpha value is -0.240. The lowest BCUT2D eigenvalue weighted by molar-refractivity contribution is 1.18. The molecule has 0 saturated carbocycles. The lowest BCUT2D eigenvalue weighted by atomic mass is 10.3. The van der Waals surface area contributed by atoms with Crippen LogP contribution in [0, 0.1) is 0 Å². The molecule has 52 valence electrons. The molecule has 1 aliphatic heterocycles. The Morgan fingerprint density at radius 3 is 2.44 bits per heavy atom. The van der Waals surface area contributed by atoms with E-state index in [-0.39, 0.29) is 0 Å². The fourth-order valence-electron chi connectivity index (χ4n) is 0.764. The third-order valence-electron chi connectivity index (χ3n) is 1.51. The normalized spacial score (nSPS) is 25.9. The summed E-state index contributed by atoms with van der Waals surface area (Å²) in [4.78, 5) is 0. The van der Waals surface area contributed by atoms with Crippen LogP contribution in [-0.4, -0.2) is 11.1 Å². The van der Waals surface area contributed by atoms with Crippen molar-refractivity contribution in [3.05, 3.63) is 11.3 Å². The second-order valence-corrected chi connectivity index (χ2v) is 4.12. The standard InChI is InChI=1S/C7H13NS/c1-4-9-5-6(2)7(3)8-9/h5,8H,4H2,1-3H3. The molecule has 0 amide bonds. The van der Waals surface area contributed by atoms with Gasteiger partial charge in [-0.3, -0.25) is 0 Å². The first kappa shape index (κ1) is 6.87. The molecule has 0 aromatic heterocycles. The highest BCUT2D eigenvalue weighted by Crippen LogP contribution is 2.18. The summed E-state index contributed by atoms with van der Waals surface area (Å²) in [6.07, 6.45) is 0. The summed E-state index contributed by atoms with van der Waals surface area (Å²) >= 11 is 0. The number of allylic oxidation sites excluding steroid dienone is 2. The van der Waals surface area contributed by atoms with Crippen LogP contribution in [0.2, 0.25) is 0 Å². The zero-order valence-corrected chi connectivity index (χ0v) is 7.01. The molecule has 1 N–H and O–H groups in total. The van der Waals surface area contributed by atoms with Gasteiger partial charge >= 0.3 is 0 Å². The van der Waals surface area contributed by atoms with Gasteiger partial charge in [0.25, 0.3) is 0 Å². The first-order valence-corrected chi connectivity index (χ1v) is 4.68. The van der Waals surface area contributed by atoms with Gasteiger partial charge in [-0.15, -0.1) is 0 Å². The van der Waals surface area contributed by atoms with Gasteiger partial charge in [-0.05, 0) is 24.8 Å². The van der Waals surface area contributed by atoms with E-state index in [4.69, 9.17) is 0 Å².